The molecule has 1 N–H and O–H groups in total. The molecule has 0 radical (unpaired) electrons. The second-order valence-corrected chi connectivity index (χ2v) is 7.55. The van der Waals surface area contributed by atoms with Crippen LogP contribution in [0, 0.1) is 20.8 Å². The molecule has 1 amide bonds. The summed E-state index contributed by atoms with van der Waals surface area (Å²) in [5.41, 5.74) is 8.10. The van der Waals surface area contributed by atoms with Crippen LogP contribution in [0.15, 0.2) is 71.8 Å². The van der Waals surface area contributed by atoms with Crippen molar-refractivity contribution in [2.24, 2.45) is 5.10 Å². The Balaban J connectivity index is 1.50. The van der Waals surface area contributed by atoms with Gasteiger partial charge in [0, 0.05) is 5.56 Å². The molecule has 1 atom stereocenters. The third-order valence-electron chi connectivity index (χ3n) is 4.86. The largest absolute Gasteiger partial charge is 0.489 e. The van der Waals surface area contributed by atoms with Crippen LogP contribution >= 0.6 is 0 Å². The van der Waals surface area contributed by atoms with Crippen LogP contribution < -0.4 is 14.9 Å². The van der Waals surface area contributed by atoms with E-state index in [2.05, 4.69) is 29.6 Å². The summed E-state index contributed by atoms with van der Waals surface area (Å²) in [6, 6.07) is 21.4. The van der Waals surface area contributed by atoms with Gasteiger partial charge in [0.15, 0.2) is 6.10 Å². The summed E-state index contributed by atoms with van der Waals surface area (Å²) in [4.78, 5) is 12.3. The van der Waals surface area contributed by atoms with Gasteiger partial charge in [0.25, 0.3) is 5.91 Å². The van der Waals surface area contributed by atoms with Gasteiger partial charge in [0.05, 0.1) is 6.21 Å². The van der Waals surface area contributed by atoms with E-state index in [0.717, 1.165) is 28.0 Å². The standard InChI is InChI=1S/C26H28N2O3/c1-18-14-19(2)25(20(3)15-18)16-27-28-26(29)21(4)31-24-12-10-23(11-13-24)30-17-22-8-6-5-7-9-22/h5-16,21H,17H2,1-4H3,(H,28,29)/b27-16-/t21-/m1/s1. The normalized spacial score (nSPS) is 11.9. The van der Waals surface area contributed by atoms with E-state index in [1.807, 2.05) is 56.3 Å². The Bertz CT molecular complexity index is 1020. The highest BCUT2D eigenvalue weighted by molar-refractivity contribution is 5.86. The third-order valence-corrected chi connectivity index (χ3v) is 4.86. The van der Waals surface area contributed by atoms with E-state index < -0.39 is 6.10 Å². The van der Waals surface area contributed by atoms with Crippen LogP contribution in [0.25, 0.3) is 0 Å². The monoisotopic (exact) mass is 416 g/mol. The molecule has 0 unspecified atom stereocenters. The quantitative estimate of drug-likeness (QED) is 0.410. The minimum absolute atomic E-state index is 0.317. The topological polar surface area (TPSA) is 59.9 Å². The zero-order valence-electron chi connectivity index (χ0n) is 18.4. The van der Waals surface area contributed by atoms with Crippen molar-refractivity contribution in [3.8, 4) is 11.5 Å². The molecule has 0 aliphatic carbocycles. The average molecular weight is 417 g/mol. The molecule has 0 heterocycles. The van der Waals surface area contributed by atoms with Crippen LogP contribution in [0.1, 0.15) is 34.7 Å². The maximum atomic E-state index is 12.3. The fourth-order valence-corrected chi connectivity index (χ4v) is 3.26. The zero-order chi connectivity index (χ0) is 22.2. The Morgan fingerprint density at radius 2 is 1.58 bits per heavy atom. The van der Waals surface area contributed by atoms with Gasteiger partial charge in [-0.05, 0) is 68.7 Å². The van der Waals surface area contributed by atoms with Gasteiger partial charge in [-0.15, -0.1) is 0 Å². The number of rotatable bonds is 8. The number of benzene rings is 3. The molecule has 0 bridgehead atoms. The summed E-state index contributed by atoms with van der Waals surface area (Å²) < 4.78 is 11.5. The molecule has 3 aromatic rings. The Labute approximate surface area is 183 Å². The molecular formula is C26H28N2O3. The van der Waals surface area contributed by atoms with E-state index in [1.54, 1.807) is 25.3 Å². The lowest BCUT2D eigenvalue weighted by Crippen LogP contribution is -2.33. The van der Waals surface area contributed by atoms with Crippen LogP contribution in [0.4, 0.5) is 0 Å². The van der Waals surface area contributed by atoms with E-state index in [0.29, 0.717) is 12.4 Å². The number of hydrazone groups is 1. The van der Waals surface area contributed by atoms with Crippen molar-refractivity contribution in [3.63, 3.8) is 0 Å². The van der Waals surface area contributed by atoms with Crippen LogP contribution in [0.3, 0.4) is 0 Å². The molecule has 5 nitrogen and oxygen atoms in total. The highest BCUT2D eigenvalue weighted by atomic mass is 16.5. The van der Waals surface area contributed by atoms with E-state index >= 15 is 0 Å². The first-order chi connectivity index (χ1) is 14.9. The lowest BCUT2D eigenvalue weighted by Gasteiger charge is -2.14. The number of aryl methyl sites for hydroxylation is 3. The minimum Gasteiger partial charge on any atom is -0.489 e. The predicted octanol–water partition coefficient (Wildman–Crippen LogP) is 5.11. The fraction of sp³-hybridized carbons (Fsp3) is 0.231. The van der Waals surface area contributed by atoms with Gasteiger partial charge in [-0.2, -0.15) is 5.10 Å². The second kappa shape index (κ2) is 10.4. The fourth-order valence-electron chi connectivity index (χ4n) is 3.26. The summed E-state index contributed by atoms with van der Waals surface area (Å²) in [5.74, 6) is 1.01. The number of hydrogen-bond acceptors (Lipinski definition) is 4. The van der Waals surface area contributed by atoms with Crippen molar-refractivity contribution in [2.45, 2.75) is 40.4 Å². The Morgan fingerprint density at radius 3 is 2.23 bits per heavy atom. The van der Waals surface area contributed by atoms with Gasteiger partial charge in [0.1, 0.15) is 18.1 Å². The molecule has 0 saturated heterocycles. The van der Waals surface area contributed by atoms with E-state index in [1.165, 1.54) is 5.56 Å². The zero-order valence-corrected chi connectivity index (χ0v) is 18.4. The summed E-state index contributed by atoms with van der Waals surface area (Å²) in [6.07, 6.45) is 0.988. The maximum Gasteiger partial charge on any atom is 0.280 e. The van der Waals surface area contributed by atoms with Crippen molar-refractivity contribution >= 4 is 12.1 Å². The molecule has 0 fully saturated rings. The number of carbonyl (C=O) groups is 1. The SMILES string of the molecule is Cc1cc(C)c(/C=N\NC(=O)[C@@H](C)Oc2ccc(OCc3ccccc3)cc2)c(C)c1. The van der Waals surface area contributed by atoms with Crippen LogP contribution in [0.5, 0.6) is 11.5 Å². The molecule has 160 valence electrons. The first kappa shape index (κ1) is 22.1. The molecule has 0 aromatic heterocycles. The number of ether oxygens (including phenoxy) is 2. The second-order valence-electron chi connectivity index (χ2n) is 7.55. The Hall–Kier alpha value is -3.60. The van der Waals surface area contributed by atoms with Crippen LogP contribution in [-0.2, 0) is 11.4 Å². The summed E-state index contributed by atoms with van der Waals surface area (Å²) in [6.45, 7) is 8.30. The van der Waals surface area contributed by atoms with Gasteiger partial charge in [-0.3, -0.25) is 4.79 Å². The summed E-state index contributed by atoms with van der Waals surface area (Å²) in [7, 11) is 0. The molecule has 0 aliphatic heterocycles. The van der Waals surface area contributed by atoms with Gasteiger partial charge < -0.3 is 9.47 Å². The summed E-state index contributed by atoms with van der Waals surface area (Å²) >= 11 is 0. The van der Waals surface area contributed by atoms with E-state index in [-0.39, 0.29) is 5.91 Å². The van der Waals surface area contributed by atoms with Gasteiger partial charge in [-0.1, -0.05) is 48.0 Å². The minimum atomic E-state index is -0.687. The van der Waals surface area contributed by atoms with Gasteiger partial charge >= 0.3 is 0 Å². The molecule has 5 heteroatoms. The number of carbonyl (C=O) groups excluding carboxylic acids is 1. The smallest absolute Gasteiger partial charge is 0.280 e. The third kappa shape index (κ3) is 6.44. The molecular weight excluding hydrogens is 388 g/mol. The highest BCUT2D eigenvalue weighted by Gasteiger charge is 2.14. The lowest BCUT2D eigenvalue weighted by molar-refractivity contribution is -0.127. The first-order valence-electron chi connectivity index (χ1n) is 10.3. The van der Waals surface area contributed by atoms with Crippen molar-refractivity contribution < 1.29 is 14.3 Å². The maximum absolute atomic E-state index is 12.3. The van der Waals surface area contributed by atoms with Crippen molar-refractivity contribution in [1.82, 2.24) is 5.43 Å². The van der Waals surface area contributed by atoms with Crippen molar-refractivity contribution in [2.75, 3.05) is 0 Å². The van der Waals surface area contributed by atoms with Crippen molar-refractivity contribution in [3.05, 3.63) is 94.5 Å². The lowest BCUT2D eigenvalue weighted by atomic mass is 10.0. The Kier molecular flexibility index (Phi) is 7.44. The van der Waals surface area contributed by atoms with E-state index in [4.69, 9.17) is 9.47 Å². The number of nitrogens with zero attached hydrogens (tertiary/aromatic N) is 1. The predicted molar refractivity (Wildman–Crippen MR) is 124 cm³/mol. The van der Waals surface area contributed by atoms with Gasteiger partial charge in [-0.25, -0.2) is 5.43 Å². The molecule has 0 spiro atoms. The summed E-state index contributed by atoms with van der Waals surface area (Å²) in [5, 5.41) is 4.10. The average Bonchev–Trinajstić information content (AvgIpc) is 2.75. The Morgan fingerprint density at radius 1 is 0.968 bits per heavy atom. The van der Waals surface area contributed by atoms with Gasteiger partial charge in [0.2, 0.25) is 0 Å². The van der Waals surface area contributed by atoms with Crippen LogP contribution in [-0.4, -0.2) is 18.2 Å². The number of amides is 1. The highest BCUT2D eigenvalue weighted by Crippen LogP contribution is 2.20. The molecule has 3 rings (SSSR count). The number of hydrogen-bond donors (Lipinski definition) is 1. The van der Waals surface area contributed by atoms with E-state index in [9.17, 15) is 4.79 Å². The molecule has 3 aromatic carbocycles. The molecule has 31 heavy (non-hydrogen) atoms. The first-order valence-corrected chi connectivity index (χ1v) is 10.3. The number of nitrogens with one attached hydrogen (secondary N) is 1. The molecule has 0 aliphatic rings. The van der Waals surface area contributed by atoms with Crippen LogP contribution in [0.2, 0.25) is 0 Å². The molecule has 0 saturated carbocycles. The van der Waals surface area contributed by atoms with Crippen molar-refractivity contribution in [1.29, 1.82) is 0 Å².